The van der Waals surface area contributed by atoms with Gasteiger partial charge >= 0.3 is 0 Å². The van der Waals surface area contributed by atoms with Crippen LogP contribution in [0.5, 0.6) is 0 Å². The topological polar surface area (TPSA) is 21.3 Å². The molecule has 0 aromatic carbocycles. The molecule has 0 aromatic heterocycles. The molecular weight excluding hydrogens is 198 g/mol. The lowest BCUT2D eigenvalue weighted by atomic mass is 9.73. The van der Waals surface area contributed by atoms with Crippen LogP contribution in [0.15, 0.2) is 0 Å². The van der Waals surface area contributed by atoms with Gasteiger partial charge in [0.1, 0.15) is 0 Å². The predicted octanol–water partition coefficient (Wildman–Crippen LogP) is 3.22. The van der Waals surface area contributed by atoms with E-state index < -0.39 is 0 Å². The quantitative estimate of drug-likeness (QED) is 0.721. The molecule has 1 N–H and O–H groups in total. The van der Waals surface area contributed by atoms with Crippen molar-refractivity contribution in [3.05, 3.63) is 0 Å². The first-order chi connectivity index (χ1) is 7.76. The first-order valence-electron chi connectivity index (χ1n) is 7.04. The highest BCUT2D eigenvalue weighted by Gasteiger charge is 2.29. The monoisotopic (exact) mass is 227 g/mol. The molecule has 1 aliphatic rings. The molecule has 0 saturated carbocycles. The number of hydrogen-bond acceptors (Lipinski definition) is 2. The van der Waals surface area contributed by atoms with Gasteiger partial charge in [-0.1, -0.05) is 20.8 Å². The summed E-state index contributed by atoms with van der Waals surface area (Å²) in [7, 11) is 0. The van der Waals surface area contributed by atoms with Crippen LogP contribution in [0.3, 0.4) is 0 Å². The van der Waals surface area contributed by atoms with E-state index in [-0.39, 0.29) is 0 Å². The Morgan fingerprint density at radius 2 is 1.75 bits per heavy atom. The van der Waals surface area contributed by atoms with Gasteiger partial charge in [-0.3, -0.25) is 0 Å². The number of ether oxygens (including phenoxy) is 1. The lowest BCUT2D eigenvalue weighted by Crippen LogP contribution is -2.36. The van der Waals surface area contributed by atoms with E-state index in [1.165, 1.54) is 38.6 Å². The Morgan fingerprint density at radius 1 is 1.12 bits per heavy atom. The maximum absolute atomic E-state index is 5.45. The van der Waals surface area contributed by atoms with Crippen molar-refractivity contribution in [2.75, 3.05) is 26.3 Å². The summed E-state index contributed by atoms with van der Waals surface area (Å²) >= 11 is 0. The smallest absolute Gasteiger partial charge is 0.0468 e. The van der Waals surface area contributed by atoms with Crippen LogP contribution in [0.1, 0.15) is 52.9 Å². The summed E-state index contributed by atoms with van der Waals surface area (Å²) in [4.78, 5) is 0. The van der Waals surface area contributed by atoms with Crippen LogP contribution in [0.4, 0.5) is 0 Å². The minimum absolute atomic E-state index is 0.526. The summed E-state index contributed by atoms with van der Waals surface area (Å²) in [5.41, 5.74) is 0.526. The van der Waals surface area contributed by atoms with Crippen LogP contribution in [-0.2, 0) is 4.74 Å². The molecule has 0 bridgehead atoms. The second-order valence-corrected chi connectivity index (χ2v) is 5.25. The number of rotatable bonds is 7. The third kappa shape index (κ3) is 4.06. The molecule has 16 heavy (non-hydrogen) atoms. The third-order valence-electron chi connectivity index (χ3n) is 4.31. The second-order valence-electron chi connectivity index (χ2n) is 5.25. The van der Waals surface area contributed by atoms with E-state index >= 15 is 0 Å². The van der Waals surface area contributed by atoms with Crippen molar-refractivity contribution in [3.63, 3.8) is 0 Å². The van der Waals surface area contributed by atoms with Gasteiger partial charge in [0.15, 0.2) is 0 Å². The molecule has 0 unspecified atom stereocenters. The molecule has 0 aromatic rings. The minimum atomic E-state index is 0.526. The fraction of sp³-hybridized carbons (Fsp3) is 1.00. The van der Waals surface area contributed by atoms with Crippen LogP contribution in [0, 0.1) is 11.3 Å². The summed E-state index contributed by atoms with van der Waals surface area (Å²) in [5, 5.41) is 3.55. The zero-order valence-corrected chi connectivity index (χ0v) is 11.3. The highest BCUT2D eigenvalue weighted by molar-refractivity contribution is 4.82. The molecule has 2 nitrogen and oxygen atoms in total. The Labute approximate surface area is 101 Å². The maximum Gasteiger partial charge on any atom is 0.0468 e. The molecule has 0 atom stereocenters. The predicted molar refractivity (Wildman–Crippen MR) is 69.7 cm³/mol. The van der Waals surface area contributed by atoms with Crippen molar-refractivity contribution in [3.8, 4) is 0 Å². The largest absolute Gasteiger partial charge is 0.381 e. The van der Waals surface area contributed by atoms with E-state index in [0.29, 0.717) is 5.41 Å². The molecule has 96 valence electrons. The zero-order valence-electron chi connectivity index (χ0n) is 11.3. The lowest BCUT2D eigenvalue weighted by molar-refractivity contribution is 0.0444. The van der Waals surface area contributed by atoms with Crippen molar-refractivity contribution in [2.45, 2.75) is 52.9 Å². The van der Waals surface area contributed by atoms with E-state index in [2.05, 4.69) is 26.1 Å². The van der Waals surface area contributed by atoms with E-state index in [1.807, 2.05) is 0 Å². The van der Waals surface area contributed by atoms with E-state index in [0.717, 1.165) is 25.7 Å². The Hall–Kier alpha value is -0.0800. The SMILES string of the molecule is CCNCC(CC)(CC)CC1CCOCC1. The molecular formula is C14H29NO. The summed E-state index contributed by atoms with van der Waals surface area (Å²) in [6.45, 7) is 11.1. The Kier molecular flexibility index (Phi) is 6.37. The van der Waals surface area contributed by atoms with Crippen LogP contribution in [0.2, 0.25) is 0 Å². The average molecular weight is 227 g/mol. The second kappa shape index (κ2) is 7.29. The van der Waals surface area contributed by atoms with Gasteiger partial charge in [0.25, 0.3) is 0 Å². The molecule has 1 saturated heterocycles. The van der Waals surface area contributed by atoms with E-state index in [4.69, 9.17) is 4.74 Å². The highest BCUT2D eigenvalue weighted by Crippen LogP contribution is 2.36. The molecule has 1 heterocycles. The van der Waals surface area contributed by atoms with Crippen LogP contribution < -0.4 is 5.32 Å². The third-order valence-corrected chi connectivity index (χ3v) is 4.31. The van der Waals surface area contributed by atoms with Crippen molar-refractivity contribution >= 4 is 0 Å². The van der Waals surface area contributed by atoms with Crippen LogP contribution in [0.25, 0.3) is 0 Å². The van der Waals surface area contributed by atoms with Crippen molar-refractivity contribution < 1.29 is 4.74 Å². The molecule has 0 aliphatic carbocycles. The van der Waals surface area contributed by atoms with Gasteiger partial charge in [0.05, 0.1) is 0 Å². The van der Waals surface area contributed by atoms with Crippen molar-refractivity contribution in [2.24, 2.45) is 11.3 Å². The number of nitrogens with one attached hydrogen (secondary N) is 1. The summed E-state index contributed by atoms with van der Waals surface area (Å²) in [5.74, 6) is 0.896. The zero-order chi connectivity index (χ0) is 11.9. The van der Waals surface area contributed by atoms with Crippen LogP contribution in [-0.4, -0.2) is 26.3 Å². The molecule has 1 aliphatic heterocycles. The standard InChI is InChI=1S/C14H29NO/c1-4-14(5-2,12-15-6-3)11-13-7-9-16-10-8-13/h13,15H,4-12H2,1-3H3. The summed E-state index contributed by atoms with van der Waals surface area (Å²) < 4.78 is 5.45. The van der Waals surface area contributed by atoms with Gasteiger partial charge in [-0.2, -0.15) is 0 Å². The van der Waals surface area contributed by atoms with Gasteiger partial charge < -0.3 is 10.1 Å². The molecule has 0 amide bonds. The van der Waals surface area contributed by atoms with E-state index in [1.54, 1.807) is 0 Å². The van der Waals surface area contributed by atoms with Gasteiger partial charge in [-0.05, 0) is 50.0 Å². The Morgan fingerprint density at radius 3 is 2.25 bits per heavy atom. The van der Waals surface area contributed by atoms with Crippen molar-refractivity contribution in [1.82, 2.24) is 5.32 Å². The minimum Gasteiger partial charge on any atom is -0.381 e. The lowest BCUT2D eigenvalue weighted by Gasteiger charge is -2.37. The molecule has 1 fully saturated rings. The summed E-state index contributed by atoms with van der Waals surface area (Å²) in [6.07, 6.45) is 6.53. The Bertz CT molecular complexity index is 172. The molecule has 0 radical (unpaired) electrons. The molecule has 0 spiro atoms. The van der Waals surface area contributed by atoms with Gasteiger partial charge in [0, 0.05) is 19.8 Å². The Balaban J connectivity index is 2.46. The fourth-order valence-corrected chi connectivity index (χ4v) is 2.81. The van der Waals surface area contributed by atoms with Crippen LogP contribution >= 0.6 is 0 Å². The molecule has 2 heteroatoms. The first kappa shape index (κ1) is 14.0. The number of hydrogen-bond donors (Lipinski definition) is 1. The van der Waals surface area contributed by atoms with Gasteiger partial charge in [-0.15, -0.1) is 0 Å². The van der Waals surface area contributed by atoms with Crippen molar-refractivity contribution in [1.29, 1.82) is 0 Å². The van der Waals surface area contributed by atoms with Gasteiger partial charge in [0.2, 0.25) is 0 Å². The maximum atomic E-state index is 5.45. The normalized spacial score (nSPS) is 18.9. The highest BCUT2D eigenvalue weighted by atomic mass is 16.5. The first-order valence-corrected chi connectivity index (χ1v) is 7.04. The summed E-state index contributed by atoms with van der Waals surface area (Å²) in [6, 6.07) is 0. The van der Waals surface area contributed by atoms with Gasteiger partial charge in [-0.25, -0.2) is 0 Å². The molecule has 1 rings (SSSR count). The average Bonchev–Trinajstić information content (AvgIpc) is 2.36. The van der Waals surface area contributed by atoms with E-state index in [9.17, 15) is 0 Å². The fourth-order valence-electron chi connectivity index (χ4n) is 2.81.